The van der Waals surface area contributed by atoms with Gasteiger partial charge in [0.05, 0.1) is 11.6 Å². The normalized spacial score (nSPS) is 15.4. The minimum atomic E-state index is -4.49. The van der Waals surface area contributed by atoms with E-state index in [-0.39, 0.29) is 30.6 Å². The molecule has 1 aromatic heterocycles. The van der Waals surface area contributed by atoms with Crippen molar-refractivity contribution < 1.29 is 27.5 Å². The smallest absolute Gasteiger partial charge is 0.385 e. The summed E-state index contributed by atoms with van der Waals surface area (Å²) >= 11 is 1.68. The third-order valence-electron chi connectivity index (χ3n) is 6.53. The van der Waals surface area contributed by atoms with Crippen molar-refractivity contribution in [2.75, 3.05) is 33.4 Å². The molecule has 0 radical (unpaired) electrons. The highest BCUT2D eigenvalue weighted by Gasteiger charge is 2.34. The third kappa shape index (κ3) is 6.22. The van der Waals surface area contributed by atoms with E-state index < -0.39 is 17.6 Å². The average molecular weight is 531 g/mol. The van der Waals surface area contributed by atoms with Crippen LogP contribution in [0.4, 0.5) is 13.2 Å². The number of hydrogen-bond donors (Lipinski definition) is 0. The highest BCUT2D eigenvalue weighted by Crippen LogP contribution is 2.38. The predicted octanol–water partition coefficient (Wildman–Crippen LogP) is 5.73. The lowest BCUT2D eigenvalue weighted by molar-refractivity contribution is -0.137. The predicted molar refractivity (Wildman–Crippen MR) is 137 cm³/mol. The molecule has 2 heterocycles. The van der Waals surface area contributed by atoms with Crippen molar-refractivity contribution in [3.63, 3.8) is 0 Å². The number of ether oxygens (including phenoxy) is 1. The SMILES string of the molecule is COCCCN(CC(=O)N1CCc2sccc2[C@@H]1c1ccc(C)cc1)C(=O)c1ccc(C(F)(F)F)cc1. The molecule has 0 fully saturated rings. The minimum absolute atomic E-state index is 0.104. The van der Waals surface area contributed by atoms with Crippen molar-refractivity contribution >= 4 is 23.2 Å². The number of fused-ring (bicyclic) bond motifs is 1. The van der Waals surface area contributed by atoms with E-state index in [0.717, 1.165) is 47.4 Å². The van der Waals surface area contributed by atoms with Crippen molar-refractivity contribution in [3.8, 4) is 0 Å². The van der Waals surface area contributed by atoms with Gasteiger partial charge in [-0.1, -0.05) is 29.8 Å². The molecule has 1 aliphatic rings. The number of aryl methyl sites for hydroxylation is 1. The number of thiophene rings is 1. The lowest BCUT2D eigenvalue weighted by atomic mass is 9.92. The third-order valence-corrected chi connectivity index (χ3v) is 7.52. The van der Waals surface area contributed by atoms with Crippen molar-refractivity contribution in [1.82, 2.24) is 9.80 Å². The second-order valence-corrected chi connectivity index (χ2v) is 10.1. The van der Waals surface area contributed by atoms with Crippen molar-refractivity contribution in [2.45, 2.75) is 32.0 Å². The largest absolute Gasteiger partial charge is 0.416 e. The Morgan fingerprint density at radius 1 is 1.08 bits per heavy atom. The van der Waals surface area contributed by atoms with E-state index in [1.54, 1.807) is 18.4 Å². The van der Waals surface area contributed by atoms with E-state index in [0.29, 0.717) is 19.6 Å². The first-order valence-electron chi connectivity index (χ1n) is 12.1. The molecule has 0 aliphatic carbocycles. The van der Waals surface area contributed by atoms with Crippen LogP contribution < -0.4 is 0 Å². The van der Waals surface area contributed by atoms with Crippen LogP contribution in [0, 0.1) is 6.92 Å². The van der Waals surface area contributed by atoms with Crippen LogP contribution in [-0.4, -0.2) is 55.0 Å². The van der Waals surface area contributed by atoms with E-state index in [9.17, 15) is 22.8 Å². The highest BCUT2D eigenvalue weighted by atomic mass is 32.1. The molecule has 196 valence electrons. The molecule has 5 nitrogen and oxygen atoms in total. The van der Waals surface area contributed by atoms with Crippen LogP contribution >= 0.6 is 11.3 Å². The van der Waals surface area contributed by atoms with E-state index in [4.69, 9.17) is 4.74 Å². The summed E-state index contributed by atoms with van der Waals surface area (Å²) in [5.74, 6) is -0.696. The number of carbonyl (C=O) groups is 2. The maximum absolute atomic E-state index is 13.7. The Balaban J connectivity index is 1.58. The Bertz CT molecular complexity index is 1220. The van der Waals surface area contributed by atoms with Gasteiger partial charge in [-0.15, -0.1) is 11.3 Å². The number of amides is 2. The number of rotatable bonds is 8. The Hall–Kier alpha value is -3.17. The number of nitrogens with zero attached hydrogens (tertiary/aromatic N) is 2. The molecule has 37 heavy (non-hydrogen) atoms. The number of halogens is 3. The zero-order chi connectivity index (χ0) is 26.6. The molecular formula is C28H29F3N2O3S. The summed E-state index contributed by atoms with van der Waals surface area (Å²) in [5, 5.41) is 2.03. The molecule has 1 atom stereocenters. The van der Waals surface area contributed by atoms with E-state index >= 15 is 0 Å². The van der Waals surface area contributed by atoms with Gasteiger partial charge in [0.25, 0.3) is 5.91 Å². The van der Waals surface area contributed by atoms with Crippen LogP contribution in [0.1, 0.15) is 50.0 Å². The highest BCUT2D eigenvalue weighted by molar-refractivity contribution is 7.10. The molecule has 4 rings (SSSR count). The Kier molecular flexibility index (Phi) is 8.34. The van der Waals surface area contributed by atoms with Crippen LogP contribution in [-0.2, 0) is 22.1 Å². The van der Waals surface area contributed by atoms with Crippen LogP contribution in [0.5, 0.6) is 0 Å². The molecule has 0 saturated carbocycles. The topological polar surface area (TPSA) is 49.9 Å². The molecular weight excluding hydrogens is 501 g/mol. The molecule has 2 aromatic carbocycles. The number of benzene rings is 2. The Morgan fingerprint density at radius 2 is 1.78 bits per heavy atom. The van der Waals surface area contributed by atoms with Crippen LogP contribution in [0.3, 0.4) is 0 Å². The first kappa shape index (κ1) is 26.9. The summed E-state index contributed by atoms with van der Waals surface area (Å²) in [5.41, 5.74) is 2.49. The second kappa shape index (κ2) is 11.5. The Labute approximate surface area is 218 Å². The van der Waals surface area contributed by atoms with Gasteiger partial charge >= 0.3 is 6.18 Å². The quantitative estimate of drug-likeness (QED) is 0.350. The first-order valence-corrected chi connectivity index (χ1v) is 12.9. The number of methoxy groups -OCH3 is 1. The fourth-order valence-corrected chi connectivity index (χ4v) is 5.49. The van der Waals surface area contributed by atoms with Gasteiger partial charge in [-0.3, -0.25) is 9.59 Å². The standard InChI is InChI=1S/C28H29F3N2O3S/c1-19-4-6-20(7-5-19)26-23-13-17-37-24(23)12-15-33(26)25(34)18-32(14-3-16-36-2)27(35)21-8-10-22(11-9-21)28(29,30)31/h4-11,13,17,26H,3,12,14-16,18H2,1-2H3/t26-/m0/s1. The van der Waals surface area contributed by atoms with Crippen LogP contribution in [0.25, 0.3) is 0 Å². The van der Waals surface area contributed by atoms with Gasteiger partial charge in [-0.25, -0.2) is 0 Å². The monoisotopic (exact) mass is 530 g/mol. The summed E-state index contributed by atoms with van der Waals surface area (Å²) in [6.45, 7) is 2.98. The molecule has 0 saturated heterocycles. The first-order chi connectivity index (χ1) is 17.7. The summed E-state index contributed by atoms with van der Waals surface area (Å²) in [4.78, 5) is 31.5. The zero-order valence-electron chi connectivity index (χ0n) is 20.8. The van der Waals surface area contributed by atoms with E-state index in [2.05, 4.69) is 0 Å². The maximum atomic E-state index is 13.7. The average Bonchev–Trinajstić information content (AvgIpc) is 3.36. The second-order valence-electron chi connectivity index (χ2n) is 9.10. The molecule has 0 bridgehead atoms. The summed E-state index contributed by atoms with van der Waals surface area (Å²) in [6.07, 6.45) is -3.26. The van der Waals surface area contributed by atoms with Gasteiger partial charge in [0.1, 0.15) is 6.54 Å². The lowest BCUT2D eigenvalue weighted by Crippen LogP contribution is -2.47. The Morgan fingerprint density at radius 3 is 2.43 bits per heavy atom. The summed E-state index contributed by atoms with van der Waals surface area (Å²) in [7, 11) is 1.55. The van der Waals surface area contributed by atoms with Gasteiger partial charge in [-0.2, -0.15) is 13.2 Å². The van der Waals surface area contributed by atoms with Crippen molar-refractivity contribution in [2.24, 2.45) is 0 Å². The van der Waals surface area contributed by atoms with E-state index in [1.165, 1.54) is 9.78 Å². The molecule has 2 amide bonds. The number of alkyl halides is 3. The van der Waals surface area contributed by atoms with Crippen LogP contribution in [0.15, 0.2) is 60.0 Å². The summed E-state index contributed by atoms with van der Waals surface area (Å²) < 4.78 is 44.1. The fraction of sp³-hybridized carbons (Fsp3) is 0.357. The van der Waals surface area contributed by atoms with Gasteiger partial charge in [0.2, 0.25) is 5.91 Å². The zero-order valence-corrected chi connectivity index (χ0v) is 21.6. The number of hydrogen-bond acceptors (Lipinski definition) is 4. The molecule has 1 aliphatic heterocycles. The van der Waals surface area contributed by atoms with Gasteiger partial charge in [0.15, 0.2) is 0 Å². The van der Waals surface area contributed by atoms with Crippen molar-refractivity contribution in [3.05, 3.63) is 92.7 Å². The molecule has 3 aromatic rings. The van der Waals surface area contributed by atoms with Gasteiger partial charge in [-0.05, 0) is 66.6 Å². The molecule has 0 unspecified atom stereocenters. The molecule has 0 N–H and O–H groups in total. The van der Waals surface area contributed by atoms with Gasteiger partial charge in [0, 0.05) is 37.2 Å². The number of carbonyl (C=O) groups excluding carboxylic acids is 2. The minimum Gasteiger partial charge on any atom is -0.385 e. The fourth-order valence-electron chi connectivity index (χ4n) is 4.58. The maximum Gasteiger partial charge on any atom is 0.416 e. The molecule has 9 heteroatoms. The molecule has 0 spiro atoms. The van der Waals surface area contributed by atoms with Crippen molar-refractivity contribution in [1.29, 1.82) is 0 Å². The van der Waals surface area contributed by atoms with Gasteiger partial charge < -0.3 is 14.5 Å². The van der Waals surface area contributed by atoms with E-state index in [1.807, 2.05) is 47.5 Å². The lowest BCUT2D eigenvalue weighted by Gasteiger charge is -2.37. The summed E-state index contributed by atoms with van der Waals surface area (Å²) in [6, 6.07) is 14.0. The van der Waals surface area contributed by atoms with Crippen LogP contribution in [0.2, 0.25) is 0 Å².